The Morgan fingerprint density at radius 1 is 1.19 bits per heavy atom. The monoisotopic (exact) mass is 437 g/mol. The minimum Gasteiger partial charge on any atom is -0.496 e. The fraction of sp³-hybridized carbons (Fsp3) is 0.375. The van der Waals surface area contributed by atoms with Crippen LogP contribution in [0.5, 0.6) is 5.75 Å². The van der Waals surface area contributed by atoms with E-state index in [1.807, 2.05) is 24.3 Å². The topological polar surface area (TPSA) is 95.1 Å². The highest BCUT2D eigenvalue weighted by Gasteiger charge is 2.22. The van der Waals surface area contributed by atoms with E-state index < -0.39 is 0 Å². The fourth-order valence-corrected chi connectivity index (χ4v) is 3.58. The van der Waals surface area contributed by atoms with Crippen molar-refractivity contribution in [2.45, 2.75) is 19.9 Å². The first-order valence-corrected chi connectivity index (χ1v) is 10.7. The average molecular weight is 438 g/mol. The lowest BCUT2D eigenvalue weighted by atomic mass is 10.1. The number of rotatable bonds is 7. The summed E-state index contributed by atoms with van der Waals surface area (Å²) in [5.74, 6) is 1.35. The van der Waals surface area contributed by atoms with Crippen LogP contribution in [0, 0.1) is 6.92 Å². The number of nitrogens with one attached hydrogen (secondary N) is 3. The second kappa shape index (κ2) is 11.2. The highest BCUT2D eigenvalue weighted by molar-refractivity contribution is 5.97. The molecule has 0 unspecified atom stereocenters. The van der Waals surface area contributed by atoms with Crippen LogP contribution < -0.4 is 20.7 Å². The molecule has 2 amide bonds. The van der Waals surface area contributed by atoms with Crippen LogP contribution >= 0.6 is 0 Å². The van der Waals surface area contributed by atoms with Crippen molar-refractivity contribution in [1.82, 2.24) is 20.9 Å². The van der Waals surface area contributed by atoms with Crippen LogP contribution in [0.15, 0.2) is 47.5 Å². The number of carbonyl (C=O) groups excluding carboxylic acids is 2. The number of ether oxygens (including phenoxy) is 1. The van der Waals surface area contributed by atoms with Gasteiger partial charge >= 0.3 is 0 Å². The van der Waals surface area contributed by atoms with E-state index in [9.17, 15) is 9.59 Å². The quantitative estimate of drug-likeness (QED) is 0.451. The van der Waals surface area contributed by atoms with Gasteiger partial charge in [0.2, 0.25) is 5.91 Å². The number of amides is 2. The Bertz CT molecular complexity index is 972. The van der Waals surface area contributed by atoms with Gasteiger partial charge in [-0.25, -0.2) is 0 Å². The maximum atomic E-state index is 12.6. The predicted molar refractivity (Wildman–Crippen MR) is 125 cm³/mol. The summed E-state index contributed by atoms with van der Waals surface area (Å²) in [4.78, 5) is 29.9. The highest BCUT2D eigenvalue weighted by Crippen LogP contribution is 2.19. The van der Waals surface area contributed by atoms with Crippen molar-refractivity contribution in [3.05, 3.63) is 64.7 Å². The summed E-state index contributed by atoms with van der Waals surface area (Å²) in [6.07, 6.45) is 0.816. The van der Waals surface area contributed by atoms with Crippen LogP contribution in [0.2, 0.25) is 0 Å². The molecule has 2 aromatic carbocycles. The van der Waals surface area contributed by atoms with Gasteiger partial charge in [0, 0.05) is 38.8 Å². The van der Waals surface area contributed by atoms with Gasteiger partial charge in [0.15, 0.2) is 5.96 Å². The molecular formula is C24H31N5O3. The number of benzene rings is 2. The van der Waals surface area contributed by atoms with Crippen molar-refractivity contribution in [1.29, 1.82) is 0 Å². The van der Waals surface area contributed by atoms with Gasteiger partial charge in [0.1, 0.15) is 5.75 Å². The first-order valence-electron chi connectivity index (χ1n) is 10.7. The molecule has 0 aromatic heterocycles. The molecule has 0 radical (unpaired) electrons. The van der Waals surface area contributed by atoms with Gasteiger partial charge in [-0.1, -0.05) is 29.8 Å². The van der Waals surface area contributed by atoms with Crippen molar-refractivity contribution in [2.75, 3.05) is 40.3 Å². The van der Waals surface area contributed by atoms with Crippen molar-refractivity contribution >= 4 is 17.8 Å². The average Bonchev–Trinajstić information content (AvgIpc) is 2.81. The van der Waals surface area contributed by atoms with E-state index in [1.54, 1.807) is 31.2 Å². The molecule has 8 heteroatoms. The van der Waals surface area contributed by atoms with E-state index in [-0.39, 0.29) is 18.4 Å². The predicted octanol–water partition coefficient (Wildman–Crippen LogP) is 1.48. The molecule has 170 valence electrons. The lowest BCUT2D eigenvalue weighted by Gasteiger charge is -2.26. The molecule has 3 N–H and O–H groups in total. The van der Waals surface area contributed by atoms with E-state index >= 15 is 0 Å². The lowest BCUT2D eigenvalue weighted by Crippen LogP contribution is -2.49. The Morgan fingerprint density at radius 2 is 1.97 bits per heavy atom. The zero-order valence-corrected chi connectivity index (χ0v) is 18.9. The Morgan fingerprint density at radius 3 is 2.66 bits per heavy atom. The Balaban J connectivity index is 1.48. The van der Waals surface area contributed by atoms with Crippen LogP contribution in [-0.4, -0.2) is 63.0 Å². The second-order valence-corrected chi connectivity index (χ2v) is 7.69. The SMILES string of the molecule is CN=C(NCCc1cc(C)ccc1OC)NCc1ccc(C(=O)N2CCNC(=O)C2)cc1. The van der Waals surface area contributed by atoms with E-state index in [0.29, 0.717) is 31.2 Å². The Kier molecular flexibility index (Phi) is 8.08. The third kappa shape index (κ3) is 6.23. The highest BCUT2D eigenvalue weighted by atomic mass is 16.5. The van der Waals surface area contributed by atoms with Crippen LogP contribution in [0.25, 0.3) is 0 Å². The molecular weight excluding hydrogens is 406 g/mol. The summed E-state index contributed by atoms with van der Waals surface area (Å²) in [5, 5.41) is 9.34. The first-order chi connectivity index (χ1) is 15.5. The molecule has 3 rings (SSSR count). The molecule has 0 spiro atoms. The molecule has 1 aliphatic rings. The third-order valence-corrected chi connectivity index (χ3v) is 5.33. The molecule has 1 saturated heterocycles. The molecule has 2 aromatic rings. The van der Waals surface area contributed by atoms with Crippen molar-refractivity contribution in [3.8, 4) is 5.75 Å². The normalized spacial score (nSPS) is 14.0. The van der Waals surface area contributed by atoms with Crippen molar-refractivity contribution in [2.24, 2.45) is 4.99 Å². The van der Waals surface area contributed by atoms with E-state index in [0.717, 1.165) is 29.8 Å². The summed E-state index contributed by atoms with van der Waals surface area (Å²) in [6.45, 7) is 4.50. The molecule has 0 saturated carbocycles. The number of aryl methyl sites for hydroxylation is 1. The molecule has 1 aliphatic heterocycles. The number of hydrogen-bond donors (Lipinski definition) is 3. The first kappa shape index (κ1) is 23.1. The zero-order chi connectivity index (χ0) is 22.9. The number of nitrogens with zero attached hydrogens (tertiary/aromatic N) is 2. The summed E-state index contributed by atoms with van der Waals surface area (Å²) in [6, 6.07) is 13.6. The standard InChI is InChI=1S/C24H31N5O3/c1-17-4-9-21(32-3)20(14-17)10-11-27-24(25-2)28-15-18-5-7-19(8-6-18)23(31)29-13-12-26-22(30)16-29/h4-9,14H,10-13,15-16H2,1-3H3,(H,26,30)(H2,25,27,28). The summed E-state index contributed by atoms with van der Waals surface area (Å²) < 4.78 is 5.44. The smallest absolute Gasteiger partial charge is 0.254 e. The fourth-order valence-electron chi connectivity index (χ4n) is 3.58. The largest absolute Gasteiger partial charge is 0.496 e. The summed E-state index contributed by atoms with van der Waals surface area (Å²) in [5.41, 5.74) is 3.97. The number of guanidine groups is 1. The number of carbonyl (C=O) groups is 2. The van der Waals surface area contributed by atoms with Crippen LogP contribution in [-0.2, 0) is 17.8 Å². The Labute approximate surface area is 189 Å². The maximum absolute atomic E-state index is 12.6. The maximum Gasteiger partial charge on any atom is 0.254 e. The molecule has 8 nitrogen and oxygen atoms in total. The van der Waals surface area contributed by atoms with E-state index in [2.05, 4.69) is 33.9 Å². The molecule has 1 fully saturated rings. The van der Waals surface area contributed by atoms with Crippen LogP contribution in [0.4, 0.5) is 0 Å². The van der Waals surface area contributed by atoms with Gasteiger partial charge in [-0.2, -0.15) is 0 Å². The third-order valence-electron chi connectivity index (χ3n) is 5.33. The zero-order valence-electron chi connectivity index (χ0n) is 18.9. The summed E-state index contributed by atoms with van der Waals surface area (Å²) in [7, 11) is 3.42. The number of hydrogen-bond acceptors (Lipinski definition) is 4. The molecule has 0 bridgehead atoms. The van der Waals surface area contributed by atoms with E-state index in [1.165, 1.54) is 5.56 Å². The number of piperazine rings is 1. The molecule has 32 heavy (non-hydrogen) atoms. The Hall–Kier alpha value is -3.55. The number of aliphatic imine (C=N–C) groups is 1. The number of methoxy groups -OCH3 is 1. The molecule has 1 heterocycles. The van der Waals surface area contributed by atoms with Crippen LogP contribution in [0.1, 0.15) is 27.0 Å². The van der Waals surface area contributed by atoms with Gasteiger partial charge in [0.25, 0.3) is 5.91 Å². The van der Waals surface area contributed by atoms with Crippen molar-refractivity contribution < 1.29 is 14.3 Å². The molecule has 0 aliphatic carbocycles. The van der Waals surface area contributed by atoms with Gasteiger partial charge < -0.3 is 25.6 Å². The van der Waals surface area contributed by atoms with Crippen molar-refractivity contribution in [3.63, 3.8) is 0 Å². The summed E-state index contributed by atoms with van der Waals surface area (Å²) >= 11 is 0. The van der Waals surface area contributed by atoms with Crippen LogP contribution in [0.3, 0.4) is 0 Å². The van der Waals surface area contributed by atoms with Gasteiger partial charge in [-0.3, -0.25) is 14.6 Å². The molecule has 0 atom stereocenters. The minimum atomic E-state index is -0.122. The van der Waals surface area contributed by atoms with Gasteiger partial charge in [-0.05, 0) is 42.7 Å². The van der Waals surface area contributed by atoms with Gasteiger partial charge in [0.05, 0.1) is 13.7 Å². The second-order valence-electron chi connectivity index (χ2n) is 7.69. The van der Waals surface area contributed by atoms with Gasteiger partial charge in [-0.15, -0.1) is 0 Å². The minimum absolute atomic E-state index is 0.110. The van der Waals surface area contributed by atoms with E-state index in [4.69, 9.17) is 4.74 Å². The lowest BCUT2D eigenvalue weighted by molar-refractivity contribution is -0.123.